The Kier molecular flexibility index (Phi) is 5.46. The minimum atomic E-state index is -0.564. The zero-order valence-corrected chi connectivity index (χ0v) is 14.8. The number of ether oxygens (including phenoxy) is 3. The van der Waals surface area contributed by atoms with Crippen molar-refractivity contribution in [3.05, 3.63) is 47.8 Å². The molecule has 1 aliphatic heterocycles. The van der Waals surface area contributed by atoms with E-state index in [1.807, 2.05) is 32.0 Å². The number of hydrogen-bond donors (Lipinski definition) is 2. The molecule has 1 amide bonds. The van der Waals surface area contributed by atoms with E-state index in [4.69, 9.17) is 14.2 Å². The Hall–Kier alpha value is -2.96. The summed E-state index contributed by atoms with van der Waals surface area (Å²) in [5.41, 5.74) is 1.22. The third-order valence-electron chi connectivity index (χ3n) is 4.06. The molecule has 2 heterocycles. The van der Waals surface area contributed by atoms with E-state index in [0.717, 1.165) is 5.56 Å². The van der Waals surface area contributed by atoms with Crippen LogP contribution < -0.4 is 14.8 Å². The average molecular weight is 358 g/mol. The van der Waals surface area contributed by atoms with E-state index < -0.39 is 5.97 Å². The fraction of sp³-hybridized carbons (Fsp3) is 0.368. The molecule has 138 valence electrons. The second-order valence-electron chi connectivity index (χ2n) is 6.35. The molecule has 1 atom stereocenters. The van der Waals surface area contributed by atoms with Gasteiger partial charge in [0.15, 0.2) is 18.1 Å². The van der Waals surface area contributed by atoms with Crippen molar-refractivity contribution in [2.75, 3.05) is 19.8 Å². The lowest BCUT2D eigenvalue weighted by molar-refractivity contribution is -0.125. The molecule has 0 spiro atoms. The average Bonchev–Trinajstić information content (AvgIpc) is 3.18. The lowest BCUT2D eigenvalue weighted by Gasteiger charge is -2.25. The first-order chi connectivity index (χ1) is 12.5. The van der Waals surface area contributed by atoms with Crippen LogP contribution in [0.5, 0.6) is 11.5 Å². The number of aromatic nitrogens is 1. The second-order valence-corrected chi connectivity index (χ2v) is 6.35. The molecule has 7 heteroatoms. The summed E-state index contributed by atoms with van der Waals surface area (Å²) in [6.45, 7) is 4.71. The third kappa shape index (κ3) is 4.17. The maximum absolute atomic E-state index is 12.2. The van der Waals surface area contributed by atoms with Gasteiger partial charge in [-0.1, -0.05) is 19.9 Å². The summed E-state index contributed by atoms with van der Waals surface area (Å²) in [7, 11) is 0. The van der Waals surface area contributed by atoms with Gasteiger partial charge in [0.05, 0.1) is 6.04 Å². The molecular weight excluding hydrogens is 336 g/mol. The number of amides is 1. The molecule has 1 aromatic carbocycles. The lowest BCUT2D eigenvalue weighted by atomic mass is 9.95. The fourth-order valence-corrected chi connectivity index (χ4v) is 2.77. The Morgan fingerprint density at radius 2 is 1.96 bits per heavy atom. The van der Waals surface area contributed by atoms with E-state index in [9.17, 15) is 9.59 Å². The zero-order chi connectivity index (χ0) is 18.5. The maximum atomic E-state index is 12.2. The van der Waals surface area contributed by atoms with Crippen LogP contribution in [0.4, 0.5) is 0 Å². The Morgan fingerprint density at radius 1 is 1.19 bits per heavy atom. The van der Waals surface area contributed by atoms with Gasteiger partial charge in [0.1, 0.15) is 18.9 Å². The first-order valence-corrected chi connectivity index (χ1v) is 8.54. The summed E-state index contributed by atoms with van der Waals surface area (Å²) in [4.78, 5) is 26.8. The van der Waals surface area contributed by atoms with Crippen molar-refractivity contribution in [2.45, 2.75) is 19.9 Å². The number of nitrogens with one attached hydrogen (secondary N) is 2. The highest BCUT2D eigenvalue weighted by Crippen LogP contribution is 2.34. The van der Waals surface area contributed by atoms with Gasteiger partial charge in [-0.25, -0.2) is 4.79 Å². The molecule has 0 saturated carbocycles. The highest BCUT2D eigenvalue weighted by Gasteiger charge is 2.22. The van der Waals surface area contributed by atoms with Crippen molar-refractivity contribution >= 4 is 11.9 Å². The molecule has 0 fully saturated rings. The Balaban J connectivity index is 1.63. The SMILES string of the molecule is CC(C)[C@H](NC(=O)COC(=O)c1ccc[nH]1)c1ccc2c(c1)OCCO2. The number of hydrogen-bond acceptors (Lipinski definition) is 5. The maximum Gasteiger partial charge on any atom is 0.355 e. The largest absolute Gasteiger partial charge is 0.486 e. The van der Waals surface area contributed by atoms with Crippen molar-refractivity contribution in [2.24, 2.45) is 5.92 Å². The van der Waals surface area contributed by atoms with E-state index in [0.29, 0.717) is 30.4 Å². The van der Waals surface area contributed by atoms with Crippen LogP contribution in [-0.4, -0.2) is 36.7 Å². The molecular formula is C19H22N2O5. The minimum absolute atomic E-state index is 0.139. The van der Waals surface area contributed by atoms with Gasteiger partial charge >= 0.3 is 5.97 Å². The van der Waals surface area contributed by atoms with Gasteiger partial charge in [-0.3, -0.25) is 4.79 Å². The van der Waals surface area contributed by atoms with E-state index in [-0.39, 0.29) is 24.5 Å². The summed E-state index contributed by atoms with van der Waals surface area (Å²) in [6.07, 6.45) is 1.62. The first kappa shape index (κ1) is 17.8. The fourth-order valence-electron chi connectivity index (χ4n) is 2.77. The Morgan fingerprint density at radius 3 is 2.65 bits per heavy atom. The van der Waals surface area contributed by atoms with Gasteiger partial charge < -0.3 is 24.5 Å². The second kappa shape index (κ2) is 7.95. The molecule has 0 unspecified atom stereocenters. The van der Waals surface area contributed by atoms with Crippen molar-refractivity contribution < 1.29 is 23.8 Å². The molecule has 26 heavy (non-hydrogen) atoms. The number of carbonyl (C=O) groups excluding carboxylic acids is 2. The van der Waals surface area contributed by atoms with E-state index in [1.54, 1.807) is 18.3 Å². The smallest absolute Gasteiger partial charge is 0.355 e. The van der Waals surface area contributed by atoms with Crippen LogP contribution in [0, 0.1) is 5.92 Å². The highest BCUT2D eigenvalue weighted by atomic mass is 16.6. The third-order valence-corrected chi connectivity index (χ3v) is 4.06. The summed E-state index contributed by atoms with van der Waals surface area (Å²) in [6, 6.07) is 8.67. The monoisotopic (exact) mass is 358 g/mol. The van der Waals surface area contributed by atoms with Crippen LogP contribution in [0.15, 0.2) is 36.5 Å². The molecule has 0 saturated heterocycles. The van der Waals surface area contributed by atoms with Crippen molar-refractivity contribution in [1.29, 1.82) is 0 Å². The van der Waals surface area contributed by atoms with Crippen LogP contribution in [0.3, 0.4) is 0 Å². The first-order valence-electron chi connectivity index (χ1n) is 8.54. The Labute approximate surface area is 151 Å². The lowest BCUT2D eigenvalue weighted by Crippen LogP contribution is -2.35. The van der Waals surface area contributed by atoms with Crippen LogP contribution in [0.1, 0.15) is 35.9 Å². The van der Waals surface area contributed by atoms with Crippen LogP contribution in [0.2, 0.25) is 0 Å². The van der Waals surface area contributed by atoms with Crippen molar-refractivity contribution in [3.8, 4) is 11.5 Å². The molecule has 7 nitrogen and oxygen atoms in total. The predicted molar refractivity (Wildman–Crippen MR) is 94.2 cm³/mol. The topological polar surface area (TPSA) is 89.7 Å². The van der Waals surface area contributed by atoms with Crippen molar-refractivity contribution in [1.82, 2.24) is 10.3 Å². The number of esters is 1. The molecule has 3 rings (SSSR count). The molecule has 0 aliphatic carbocycles. The van der Waals surface area contributed by atoms with Crippen LogP contribution in [-0.2, 0) is 9.53 Å². The van der Waals surface area contributed by atoms with Gasteiger partial charge in [-0.15, -0.1) is 0 Å². The molecule has 0 bridgehead atoms. The summed E-state index contributed by atoms with van der Waals surface area (Å²) < 4.78 is 16.2. The number of aromatic amines is 1. The molecule has 1 aliphatic rings. The number of H-pyrrole nitrogens is 1. The van der Waals surface area contributed by atoms with Gasteiger partial charge in [-0.2, -0.15) is 0 Å². The Bertz CT molecular complexity index is 770. The molecule has 2 aromatic rings. The zero-order valence-electron chi connectivity index (χ0n) is 14.8. The normalized spacial score (nSPS) is 14.0. The quantitative estimate of drug-likeness (QED) is 0.774. The number of carbonyl (C=O) groups is 2. The van der Waals surface area contributed by atoms with E-state index in [1.165, 1.54) is 0 Å². The van der Waals surface area contributed by atoms with Gasteiger partial charge in [0, 0.05) is 6.20 Å². The van der Waals surface area contributed by atoms with Gasteiger partial charge in [0.2, 0.25) is 0 Å². The number of fused-ring (bicyclic) bond motifs is 1. The molecule has 1 aromatic heterocycles. The standard InChI is InChI=1S/C19H22N2O5/c1-12(2)18(13-5-6-15-16(10-13)25-9-8-24-15)21-17(22)11-26-19(23)14-4-3-7-20-14/h3-7,10,12,18,20H,8-9,11H2,1-2H3,(H,21,22)/t18-/m0/s1. The van der Waals surface area contributed by atoms with Gasteiger partial charge in [0.25, 0.3) is 5.91 Å². The van der Waals surface area contributed by atoms with E-state index >= 15 is 0 Å². The van der Waals surface area contributed by atoms with Gasteiger partial charge in [-0.05, 0) is 35.7 Å². The molecule has 2 N–H and O–H groups in total. The summed E-state index contributed by atoms with van der Waals surface area (Å²) in [5, 5.41) is 2.92. The van der Waals surface area contributed by atoms with Crippen molar-refractivity contribution in [3.63, 3.8) is 0 Å². The predicted octanol–water partition coefficient (Wildman–Crippen LogP) is 2.46. The number of rotatable bonds is 6. The number of benzene rings is 1. The highest BCUT2D eigenvalue weighted by molar-refractivity contribution is 5.89. The summed E-state index contributed by atoms with van der Waals surface area (Å²) >= 11 is 0. The minimum Gasteiger partial charge on any atom is -0.486 e. The van der Waals surface area contributed by atoms with Crippen LogP contribution >= 0.6 is 0 Å². The van der Waals surface area contributed by atoms with E-state index in [2.05, 4.69) is 10.3 Å². The molecule has 0 radical (unpaired) electrons. The van der Waals surface area contributed by atoms with Crippen LogP contribution in [0.25, 0.3) is 0 Å². The summed E-state index contributed by atoms with van der Waals surface area (Å²) in [5.74, 6) is 0.588.